The van der Waals surface area contributed by atoms with E-state index >= 15 is 0 Å². The highest BCUT2D eigenvalue weighted by molar-refractivity contribution is 6.30. The van der Waals surface area contributed by atoms with Crippen molar-refractivity contribution >= 4 is 33.8 Å². The summed E-state index contributed by atoms with van der Waals surface area (Å²) in [5.41, 5.74) is 2.46. The number of aliphatic hydroxyl groups is 1. The van der Waals surface area contributed by atoms with Crippen molar-refractivity contribution < 1.29 is 18.3 Å². The number of piperazine rings is 1. The lowest BCUT2D eigenvalue weighted by atomic mass is 10.2. The van der Waals surface area contributed by atoms with Gasteiger partial charge in [-0.3, -0.25) is 5.41 Å². The standard InChI is InChI=1S/C23H23F3N6O/c1-30-8-10-31(11-9-30)16-6-7-17-18(12-16)29-22(28-17)20-19(33)13-32(21(20)27)15-4-2-14(3-5-15)23(24,25)26/h2-7,12,27,33H,8-11,13H2,1H3,(H,28,29). The molecule has 33 heavy (non-hydrogen) atoms. The lowest BCUT2D eigenvalue weighted by molar-refractivity contribution is -0.137. The highest BCUT2D eigenvalue weighted by Crippen LogP contribution is 2.34. The molecular weight excluding hydrogens is 433 g/mol. The average Bonchev–Trinajstić information content (AvgIpc) is 3.32. The number of aliphatic hydroxyl groups excluding tert-OH is 1. The molecule has 2 aromatic carbocycles. The summed E-state index contributed by atoms with van der Waals surface area (Å²) in [6.45, 7) is 3.83. The molecule has 2 aliphatic rings. The van der Waals surface area contributed by atoms with Crippen LogP contribution in [0.5, 0.6) is 0 Å². The quantitative estimate of drug-likeness (QED) is 0.553. The molecule has 3 aromatic rings. The topological polar surface area (TPSA) is 82.5 Å². The number of aromatic nitrogens is 2. The van der Waals surface area contributed by atoms with Crippen LogP contribution in [0.3, 0.4) is 0 Å². The minimum Gasteiger partial charge on any atom is -0.509 e. The van der Waals surface area contributed by atoms with Crippen LogP contribution in [0.25, 0.3) is 16.6 Å². The van der Waals surface area contributed by atoms with Gasteiger partial charge in [-0.1, -0.05) is 0 Å². The summed E-state index contributed by atoms with van der Waals surface area (Å²) < 4.78 is 38.6. The van der Waals surface area contributed by atoms with Crippen LogP contribution in [0.1, 0.15) is 11.4 Å². The van der Waals surface area contributed by atoms with Gasteiger partial charge >= 0.3 is 6.18 Å². The number of imidazole rings is 1. The number of nitrogens with zero attached hydrogens (tertiary/aromatic N) is 4. The first kappa shape index (κ1) is 21.3. The number of H-pyrrole nitrogens is 1. The van der Waals surface area contributed by atoms with Crippen molar-refractivity contribution in [1.29, 1.82) is 5.41 Å². The molecule has 0 atom stereocenters. The zero-order valence-electron chi connectivity index (χ0n) is 17.9. The van der Waals surface area contributed by atoms with Crippen molar-refractivity contribution in [3.8, 4) is 0 Å². The Morgan fingerprint density at radius 1 is 1.00 bits per heavy atom. The largest absolute Gasteiger partial charge is 0.509 e. The van der Waals surface area contributed by atoms with E-state index in [0.29, 0.717) is 17.0 Å². The molecule has 0 radical (unpaired) electrons. The smallest absolute Gasteiger partial charge is 0.416 e. The van der Waals surface area contributed by atoms with Crippen molar-refractivity contribution in [2.45, 2.75) is 6.18 Å². The maximum absolute atomic E-state index is 12.9. The molecule has 0 saturated carbocycles. The van der Waals surface area contributed by atoms with E-state index in [1.54, 1.807) is 0 Å². The fourth-order valence-electron chi connectivity index (χ4n) is 4.26. The molecule has 1 fully saturated rings. The Bertz CT molecular complexity index is 1240. The molecule has 3 N–H and O–H groups in total. The van der Waals surface area contributed by atoms with Crippen LogP contribution in [0.2, 0.25) is 0 Å². The second kappa shape index (κ2) is 7.80. The Balaban J connectivity index is 1.40. The van der Waals surface area contributed by atoms with Gasteiger partial charge in [-0.2, -0.15) is 13.2 Å². The predicted octanol–water partition coefficient (Wildman–Crippen LogP) is 4.10. The van der Waals surface area contributed by atoms with Crippen LogP contribution < -0.4 is 9.80 Å². The van der Waals surface area contributed by atoms with Gasteiger partial charge in [0.25, 0.3) is 0 Å². The van der Waals surface area contributed by atoms with Gasteiger partial charge in [0.05, 0.1) is 28.7 Å². The first-order valence-corrected chi connectivity index (χ1v) is 10.6. The van der Waals surface area contributed by atoms with Gasteiger partial charge in [0, 0.05) is 37.6 Å². The second-order valence-corrected chi connectivity index (χ2v) is 8.38. The number of halogens is 3. The molecule has 0 spiro atoms. The first-order chi connectivity index (χ1) is 15.7. The number of fused-ring (bicyclic) bond motifs is 1. The molecule has 10 heteroatoms. The Morgan fingerprint density at radius 2 is 1.67 bits per heavy atom. The third-order valence-corrected chi connectivity index (χ3v) is 6.18. The van der Waals surface area contributed by atoms with Crippen molar-refractivity contribution in [3.63, 3.8) is 0 Å². The first-order valence-electron chi connectivity index (χ1n) is 10.6. The number of nitrogens with one attached hydrogen (secondary N) is 2. The number of alkyl halides is 3. The van der Waals surface area contributed by atoms with E-state index in [1.807, 2.05) is 18.2 Å². The van der Waals surface area contributed by atoms with Crippen LogP contribution in [0, 0.1) is 5.41 Å². The van der Waals surface area contributed by atoms with E-state index in [-0.39, 0.29) is 23.7 Å². The van der Waals surface area contributed by atoms with E-state index < -0.39 is 11.7 Å². The van der Waals surface area contributed by atoms with Gasteiger partial charge in [0.1, 0.15) is 17.4 Å². The average molecular weight is 456 g/mol. The minimum absolute atomic E-state index is 0.0108. The van der Waals surface area contributed by atoms with Gasteiger partial charge in [0.15, 0.2) is 0 Å². The number of hydrogen-bond acceptors (Lipinski definition) is 5. The predicted molar refractivity (Wildman–Crippen MR) is 122 cm³/mol. The molecule has 5 rings (SSSR count). The van der Waals surface area contributed by atoms with E-state index in [0.717, 1.165) is 49.5 Å². The van der Waals surface area contributed by atoms with Gasteiger partial charge < -0.3 is 24.8 Å². The Labute approximate surface area is 188 Å². The molecule has 0 bridgehead atoms. The number of hydrogen-bond donors (Lipinski definition) is 3. The van der Waals surface area contributed by atoms with E-state index in [4.69, 9.17) is 5.41 Å². The molecule has 1 saturated heterocycles. The molecule has 2 aliphatic heterocycles. The molecule has 7 nitrogen and oxygen atoms in total. The highest BCUT2D eigenvalue weighted by atomic mass is 19.4. The van der Waals surface area contributed by atoms with E-state index in [1.165, 1.54) is 17.0 Å². The van der Waals surface area contributed by atoms with Crippen LogP contribution >= 0.6 is 0 Å². The molecule has 0 amide bonds. The van der Waals surface area contributed by atoms with Crippen LogP contribution in [-0.2, 0) is 6.18 Å². The van der Waals surface area contributed by atoms with Crippen molar-refractivity contribution in [2.24, 2.45) is 0 Å². The van der Waals surface area contributed by atoms with E-state index in [2.05, 4.69) is 26.8 Å². The zero-order valence-corrected chi connectivity index (χ0v) is 17.9. The normalized spacial score (nSPS) is 18.1. The third-order valence-electron chi connectivity index (χ3n) is 6.18. The Morgan fingerprint density at radius 3 is 2.33 bits per heavy atom. The number of benzene rings is 2. The van der Waals surface area contributed by atoms with Gasteiger partial charge in [-0.15, -0.1) is 0 Å². The van der Waals surface area contributed by atoms with Crippen molar-refractivity contribution in [1.82, 2.24) is 14.9 Å². The molecule has 0 unspecified atom stereocenters. The van der Waals surface area contributed by atoms with Crippen molar-refractivity contribution in [2.75, 3.05) is 49.6 Å². The Hall–Kier alpha value is -3.53. The SMILES string of the molecule is CN1CCN(c2ccc3nc(C4=C(O)CN(c5ccc(C(F)(F)F)cc5)C4=N)[nH]c3c2)CC1. The minimum atomic E-state index is -4.43. The number of anilines is 2. The van der Waals surface area contributed by atoms with Crippen LogP contribution in [0.15, 0.2) is 48.2 Å². The van der Waals surface area contributed by atoms with E-state index in [9.17, 15) is 18.3 Å². The summed E-state index contributed by atoms with van der Waals surface area (Å²) >= 11 is 0. The number of aromatic amines is 1. The summed E-state index contributed by atoms with van der Waals surface area (Å²) in [5, 5.41) is 19.1. The number of amidine groups is 1. The molecule has 1 aromatic heterocycles. The molecule has 3 heterocycles. The van der Waals surface area contributed by atoms with Crippen LogP contribution in [0.4, 0.5) is 24.5 Å². The van der Waals surface area contributed by atoms with Gasteiger partial charge in [-0.25, -0.2) is 4.98 Å². The maximum Gasteiger partial charge on any atom is 0.416 e. The number of rotatable bonds is 3. The zero-order chi connectivity index (χ0) is 23.3. The summed E-state index contributed by atoms with van der Waals surface area (Å²) in [5.74, 6) is 0.279. The fraction of sp³-hybridized carbons (Fsp3) is 0.304. The summed E-state index contributed by atoms with van der Waals surface area (Å²) in [6, 6.07) is 10.5. The highest BCUT2D eigenvalue weighted by Gasteiger charge is 2.33. The number of likely N-dealkylation sites (N-methyl/N-ethyl adjacent to an activating group) is 1. The Kier molecular flexibility index (Phi) is 5.04. The molecule has 0 aliphatic carbocycles. The van der Waals surface area contributed by atoms with Crippen LogP contribution in [-0.4, -0.2) is 65.6 Å². The summed E-state index contributed by atoms with van der Waals surface area (Å²) in [7, 11) is 2.10. The second-order valence-electron chi connectivity index (χ2n) is 8.38. The van der Waals surface area contributed by atoms with Crippen molar-refractivity contribution in [3.05, 3.63) is 59.6 Å². The third kappa shape index (κ3) is 3.91. The molecular formula is C23H23F3N6O. The van der Waals surface area contributed by atoms with Gasteiger partial charge in [0.2, 0.25) is 0 Å². The van der Waals surface area contributed by atoms with Gasteiger partial charge in [-0.05, 0) is 49.5 Å². The fourth-order valence-corrected chi connectivity index (χ4v) is 4.26. The lowest BCUT2D eigenvalue weighted by Gasteiger charge is -2.34. The monoisotopic (exact) mass is 456 g/mol. The summed E-state index contributed by atoms with van der Waals surface area (Å²) in [6.07, 6.45) is -4.43. The lowest BCUT2D eigenvalue weighted by Crippen LogP contribution is -2.44. The maximum atomic E-state index is 12.9. The summed E-state index contributed by atoms with van der Waals surface area (Å²) in [4.78, 5) is 13.8. The molecule has 172 valence electrons.